The molecule has 4 atom stereocenters. The first-order chi connectivity index (χ1) is 16.4. The highest BCUT2D eigenvalue weighted by Crippen LogP contribution is 2.05. The largest absolute Gasteiger partial charge is 0.481 e. The summed E-state index contributed by atoms with van der Waals surface area (Å²) >= 11 is 4.06. The maximum Gasteiger partial charge on any atom is 0.326 e. The normalized spacial score (nSPS) is 14.0. The molecule has 0 spiro atoms. The van der Waals surface area contributed by atoms with Crippen LogP contribution < -0.4 is 38.9 Å². The van der Waals surface area contributed by atoms with Gasteiger partial charge in [-0.2, -0.15) is 12.6 Å². The van der Waals surface area contributed by atoms with Crippen molar-refractivity contribution in [3.05, 3.63) is 0 Å². The Bertz CT molecular complexity index is 763. The second-order valence-corrected chi connectivity index (χ2v) is 8.01. The zero-order chi connectivity index (χ0) is 27.0. The first kappa shape index (κ1) is 31.9. The summed E-state index contributed by atoms with van der Waals surface area (Å²) in [6.45, 7) is 0.605. The fraction of sp³-hybridized carbons (Fsp3) is 0.684. The lowest BCUT2D eigenvalue weighted by Crippen LogP contribution is -2.57. The van der Waals surface area contributed by atoms with Gasteiger partial charge in [-0.15, -0.1) is 0 Å². The van der Waals surface area contributed by atoms with Crippen molar-refractivity contribution in [3.8, 4) is 0 Å². The number of aliphatic imine (C=N–C) groups is 1. The zero-order valence-corrected chi connectivity index (χ0v) is 20.2. The van der Waals surface area contributed by atoms with E-state index in [0.29, 0.717) is 25.8 Å². The van der Waals surface area contributed by atoms with Gasteiger partial charge >= 0.3 is 11.9 Å². The van der Waals surface area contributed by atoms with Gasteiger partial charge < -0.3 is 49.1 Å². The molecule has 0 aromatic heterocycles. The molecule has 0 aromatic carbocycles. The van der Waals surface area contributed by atoms with Crippen LogP contribution in [0.3, 0.4) is 0 Å². The molecular weight excluding hydrogens is 484 g/mol. The van der Waals surface area contributed by atoms with E-state index in [1.807, 2.05) is 0 Å². The number of carbonyl (C=O) groups excluding carboxylic acids is 3. The molecule has 3 amide bonds. The summed E-state index contributed by atoms with van der Waals surface area (Å²) in [4.78, 5) is 63.7. The SMILES string of the molecule is NCCCCC(NC(=O)C(CS)NC(=O)C(N)CCCN=C(N)N)C(=O)NC(CC(=O)O)C(=O)O. The number of hydrogen-bond donors (Lipinski definition) is 10. The van der Waals surface area contributed by atoms with E-state index in [0.717, 1.165) is 0 Å². The summed E-state index contributed by atoms with van der Waals surface area (Å²) < 4.78 is 0. The van der Waals surface area contributed by atoms with Crippen molar-refractivity contribution in [2.75, 3.05) is 18.8 Å². The van der Waals surface area contributed by atoms with Crippen molar-refractivity contribution in [1.82, 2.24) is 16.0 Å². The number of carboxylic acids is 2. The minimum atomic E-state index is -1.69. The van der Waals surface area contributed by atoms with Gasteiger partial charge in [-0.05, 0) is 38.6 Å². The van der Waals surface area contributed by atoms with E-state index in [2.05, 4.69) is 33.6 Å². The molecule has 35 heavy (non-hydrogen) atoms. The van der Waals surface area contributed by atoms with Crippen molar-refractivity contribution < 1.29 is 34.2 Å². The van der Waals surface area contributed by atoms with Crippen molar-refractivity contribution in [2.24, 2.45) is 27.9 Å². The molecule has 0 fully saturated rings. The van der Waals surface area contributed by atoms with Crippen LogP contribution in [0.1, 0.15) is 38.5 Å². The minimum absolute atomic E-state index is 0.0856. The highest BCUT2D eigenvalue weighted by molar-refractivity contribution is 7.80. The van der Waals surface area contributed by atoms with Gasteiger partial charge in [0.05, 0.1) is 12.5 Å². The molecule has 15 nitrogen and oxygen atoms in total. The number of amides is 3. The molecule has 0 radical (unpaired) electrons. The molecule has 0 aliphatic carbocycles. The summed E-state index contributed by atoms with van der Waals surface area (Å²) in [5.41, 5.74) is 21.7. The number of rotatable bonds is 18. The summed E-state index contributed by atoms with van der Waals surface area (Å²) in [5.74, 6) is -5.43. The van der Waals surface area contributed by atoms with E-state index in [9.17, 15) is 24.0 Å². The van der Waals surface area contributed by atoms with Crippen LogP contribution in [-0.4, -0.2) is 88.8 Å². The van der Waals surface area contributed by atoms with Crippen molar-refractivity contribution in [3.63, 3.8) is 0 Å². The van der Waals surface area contributed by atoms with Gasteiger partial charge in [0, 0.05) is 12.3 Å². The third-order valence-electron chi connectivity index (χ3n) is 4.69. The highest BCUT2D eigenvalue weighted by Gasteiger charge is 2.30. The van der Waals surface area contributed by atoms with Gasteiger partial charge in [-0.3, -0.25) is 24.2 Å². The predicted molar refractivity (Wildman–Crippen MR) is 130 cm³/mol. The lowest BCUT2D eigenvalue weighted by Gasteiger charge is -2.24. The van der Waals surface area contributed by atoms with Gasteiger partial charge in [0.1, 0.15) is 18.1 Å². The van der Waals surface area contributed by atoms with Gasteiger partial charge in [-0.1, -0.05) is 0 Å². The third kappa shape index (κ3) is 14.0. The molecule has 0 heterocycles. The number of carboxylic acid groups (broad SMARTS) is 2. The molecule has 0 bridgehead atoms. The Balaban J connectivity index is 5.19. The number of nitrogens with zero attached hydrogens (tertiary/aromatic N) is 1. The average Bonchev–Trinajstić information content (AvgIpc) is 2.78. The summed E-state index contributed by atoms with van der Waals surface area (Å²) in [6, 6.07) is -4.98. The van der Waals surface area contributed by atoms with Crippen LogP contribution in [0.15, 0.2) is 4.99 Å². The smallest absolute Gasteiger partial charge is 0.326 e. The number of guanidine groups is 1. The lowest BCUT2D eigenvalue weighted by molar-refractivity contribution is -0.147. The number of hydrogen-bond acceptors (Lipinski definition) is 9. The van der Waals surface area contributed by atoms with Crippen LogP contribution in [0.4, 0.5) is 0 Å². The van der Waals surface area contributed by atoms with Gasteiger partial charge in [0.15, 0.2) is 5.96 Å². The molecule has 200 valence electrons. The Labute approximate surface area is 208 Å². The predicted octanol–water partition coefficient (Wildman–Crippen LogP) is -3.56. The summed E-state index contributed by atoms with van der Waals surface area (Å²) in [5, 5.41) is 25.0. The summed E-state index contributed by atoms with van der Waals surface area (Å²) in [7, 11) is 0. The van der Waals surface area contributed by atoms with E-state index in [-0.39, 0.29) is 31.1 Å². The van der Waals surface area contributed by atoms with Gasteiger partial charge in [-0.25, -0.2) is 4.79 Å². The Morgan fingerprint density at radius 1 is 0.829 bits per heavy atom. The Morgan fingerprint density at radius 3 is 1.91 bits per heavy atom. The van der Waals surface area contributed by atoms with Crippen LogP contribution in [-0.2, 0) is 24.0 Å². The fourth-order valence-electron chi connectivity index (χ4n) is 2.80. The van der Waals surface area contributed by atoms with Crippen molar-refractivity contribution in [2.45, 2.75) is 62.7 Å². The van der Waals surface area contributed by atoms with Crippen LogP contribution >= 0.6 is 12.6 Å². The molecular formula is C19H36N8O7S. The Kier molecular flexibility index (Phi) is 15.8. The van der Waals surface area contributed by atoms with Crippen molar-refractivity contribution in [1.29, 1.82) is 0 Å². The first-order valence-electron chi connectivity index (χ1n) is 10.9. The molecule has 0 aromatic rings. The Hall–Kier alpha value is -3.11. The number of unbranched alkanes of at least 4 members (excludes halogenated alkanes) is 1. The lowest BCUT2D eigenvalue weighted by atomic mass is 10.1. The monoisotopic (exact) mass is 520 g/mol. The average molecular weight is 521 g/mol. The van der Waals surface area contributed by atoms with Crippen LogP contribution in [0.5, 0.6) is 0 Å². The quantitative estimate of drug-likeness (QED) is 0.0365. The third-order valence-corrected chi connectivity index (χ3v) is 5.06. The fourth-order valence-corrected chi connectivity index (χ4v) is 3.06. The van der Waals surface area contributed by atoms with E-state index in [4.69, 9.17) is 33.1 Å². The van der Waals surface area contributed by atoms with Crippen LogP contribution in [0.25, 0.3) is 0 Å². The molecule has 0 aliphatic heterocycles. The first-order valence-corrected chi connectivity index (χ1v) is 11.5. The highest BCUT2D eigenvalue weighted by atomic mass is 32.1. The maximum absolute atomic E-state index is 12.7. The second-order valence-electron chi connectivity index (χ2n) is 7.64. The van der Waals surface area contributed by atoms with Crippen molar-refractivity contribution >= 4 is 48.2 Å². The number of carbonyl (C=O) groups is 5. The van der Waals surface area contributed by atoms with E-state index in [1.165, 1.54) is 0 Å². The zero-order valence-electron chi connectivity index (χ0n) is 19.3. The molecule has 0 rings (SSSR count). The van der Waals surface area contributed by atoms with E-state index < -0.39 is 60.2 Å². The number of nitrogens with one attached hydrogen (secondary N) is 3. The molecule has 0 aliphatic rings. The molecule has 0 saturated carbocycles. The molecule has 4 unspecified atom stereocenters. The summed E-state index contributed by atoms with van der Waals surface area (Å²) in [6.07, 6.45) is 0.873. The van der Waals surface area contributed by atoms with Gasteiger partial charge in [0.25, 0.3) is 0 Å². The molecule has 0 saturated heterocycles. The van der Waals surface area contributed by atoms with E-state index >= 15 is 0 Å². The Morgan fingerprint density at radius 2 is 1.40 bits per heavy atom. The van der Waals surface area contributed by atoms with Crippen LogP contribution in [0.2, 0.25) is 0 Å². The topological polar surface area (TPSA) is 278 Å². The molecule has 16 heteroatoms. The van der Waals surface area contributed by atoms with Crippen LogP contribution in [0, 0.1) is 0 Å². The van der Waals surface area contributed by atoms with Gasteiger partial charge in [0.2, 0.25) is 17.7 Å². The van der Waals surface area contributed by atoms with E-state index in [1.54, 1.807) is 0 Å². The second kappa shape index (κ2) is 17.3. The minimum Gasteiger partial charge on any atom is -0.481 e. The standard InChI is InChI=1S/C19H36N8O7S/c20-6-2-1-5-11(16(31)26-12(18(33)34)8-14(28)29)25-17(32)13(9-35)27-15(30)10(21)4-3-7-24-19(22)23/h10-13,35H,1-9,20-21H2,(H,25,32)(H,26,31)(H,27,30)(H,28,29)(H,33,34)(H4,22,23,24). The molecule has 13 N–H and O–H groups in total. The number of aliphatic carboxylic acids is 2. The number of nitrogens with two attached hydrogens (primary N) is 4. The maximum atomic E-state index is 12.7. The number of thiol groups is 1.